The third kappa shape index (κ3) is 3.26. The van der Waals surface area contributed by atoms with Crippen LogP contribution in [0.1, 0.15) is 22.2 Å². The van der Waals surface area contributed by atoms with E-state index >= 15 is 0 Å². The summed E-state index contributed by atoms with van der Waals surface area (Å²) < 4.78 is 0.709. The molecule has 1 heterocycles. The fraction of sp³-hybridized carbons (Fsp3) is 0.214. The zero-order chi connectivity index (χ0) is 14.7. The van der Waals surface area contributed by atoms with Crippen LogP contribution in [0.3, 0.4) is 0 Å². The molecule has 6 heteroatoms. The Kier molecular flexibility index (Phi) is 4.91. The van der Waals surface area contributed by atoms with Gasteiger partial charge in [-0.15, -0.1) is 11.3 Å². The number of thiophene rings is 1. The van der Waals surface area contributed by atoms with Crippen molar-refractivity contribution in [2.45, 2.75) is 13.5 Å². The van der Waals surface area contributed by atoms with Crippen molar-refractivity contribution in [3.8, 4) is 0 Å². The number of halogens is 2. The molecule has 0 radical (unpaired) electrons. The second kappa shape index (κ2) is 6.48. The predicted molar refractivity (Wildman–Crippen MR) is 85.6 cm³/mol. The number of hydrogen-bond donors (Lipinski definition) is 1. The molecule has 0 saturated heterocycles. The molecule has 0 bridgehead atoms. The number of carbonyl (C=O) groups excluding carboxylic acids is 1. The van der Waals surface area contributed by atoms with E-state index in [4.69, 9.17) is 28.9 Å². The van der Waals surface area contributed by atoms with E-state index in [0.717, 1.165) is 4.88 Å². The van der Waals surface area contributed by atoms with Crippen molar-refractivity contribution < 1.29 is 4.79 Å². The van der Waals surface area contributed by atoms with Crippen LogP contribution in [0.25, 0.3) is 0 Å². The number of hydrogen-bond acceptors (Lipinski definition) is 3. The van der Waals surface area contributed by atoms with Gasteiger partial charge in [0.15, 0.2) is 0 Å². The summed E-state index contributed by atoms with van der Waals surface area (Å²) in [5, 5.41) is 0.373. The van der Waals surface area contributed by atoms with Crippen LogP contribution in [-0.2, 0) is 6.54 Å². The molecule has 0 spiro atoms. The molecule has 20 heavy (non-hydrogen) atoms. The lowest BCUT2D eigenvalue weighted by Crippen LogP contribution is -2.30. The number of nitrogen functional groups attached to an aromatic ring is 1. The molecule has 0 unspecified atom stereocenters. The van der Waals surface area contributed by atoms with Crippen LogP contribution >= 0.6 is 34.5 Å². The van der Waals surface area contributed by atoms with Crippen LogP contribution in [0.2, 0.25) is 9.36 Å². The molecule has 1 aromatic carbocycles. The largest absolute Gasteiger partial charge is 0.398 e. The van der Waals surface area contributed by atoms with Gasteiger partial charge in [-0.3, -0.25) is 4.79 Å². The van der Waals surface area contributed by atoms with Crippen molar-refractivity contribution in [1.29, 1.82) is 0 Å². The number of nitrogens with zero attached hydrogens (tertiary/aromatic N) is 1. The first-order valence-electron chi connectivity index (χ1n) is 6.10. The van der Waals surface area contributed by atoms with Crippen molar-refractivity contribution in [2.24, 2.45) is 0 Å². The minimum absolute atomic E-state index is 0.167. The number of amides is 1. The molecule has 2 N–H and O–H groups in total. The highest BCUT2D eigenvalue weighted by molar-refractivity contribution is 7.16. The Bertz CT molecular complexity index is 607. The summed E-state index contributed by atoms with van der Waals surface area (Å²) in [5.41, 5.74) is 6.62. The van der Waals surface area contributed by atoms with E-state index in [2.05, 4.69) is 0 Å². The average Bonchev–Trinajstić information content (AvgIpc) is 2.81. The summed E-state index contributed by atoms with van der Waals surface area (Å²) in [4.78, 5) is 15.3. The molecule has 2 rings (SSSR count). The van der Waals surface area contributed by atoms with Crippen molar-refractivity contribution in [3.05, 3.63) is 50.1 Å². The Morgan fingerprint density at radius 3 is 2.60 bits per heavy atom. The third-order valence-electron chi connectivity index (χ3n) is 2.90. The molecule has 0 aliphatic heterocycles. The van der Waals surface area contributed by atoms with Gasteiger partial charge >= 0.3 is 0 Å². The lowest BCUT2D eigenvalue weighted by molar-refractivity contribution is 0.0755. The number of benzene rings is 1. The summed E-state index contributed by atoms with van der Waals surface area (Å²) in [6, 6.07) is 8.81. The van der Waals surface area contributed by atoms with Gasteiger partial charge in [0.2, 0.25) is 0 Å². The number of anilines is 1. The first-order chi connectivity index (χ1) is 9.52. The highest BCUT2D eigenvalue weighted by Gasteiger charge is 2.20. The maximum atomic E-state index is 12.6. The molecule has 0 saturated carbocycles. The topological polar surface area (TPSA) is 46.3 Å². The van der Waals surface area contributed by atoms with E-state index in [1.807, 2.05) is 19.1 Å². The van der Waals surface area contributed by atoms with E-state index in [1.54, 1.807) is 23.1 Å². The van der Waals surface area contributed by atoms with E-state index in [1.165, 1.54) is 11.3 Å². The van der Waals surface area contributed by atoms with Crippen LogP contribution in [-0.4, -0.2) is 17.4 Å². The van der Waals surface area contributed by atoms with Gasteiger partial charge in [-0.1, -0.05) is 29.3 Å². The Labute approximate surface area is 131 Å². The first-order valence-corrected chi connectivity index (χ1v) is 7.67. The van der Waals surface area contributed by atoms with Crippen LogP contribution in [0.15, 0.2) is 30.3 Å². The Balaban J connectivity index is 2.25. The molecule has 0 fully saturated rings. The molecular formula is C14H14Cl2N2OS. The quantitative estimate of drug-likeness (QED) is 0.850. The summed E-state index contributed by atoms with van der Waals surface area (Å²) in [5.74, 6) is -0.167. The molecule has 0 aliphatic rings. The maximum absolute atomic E-state index is 12.6. The molecule has 106 valence electrons. The molecular weight excluding hydrogens is 315 g/mol. The lowest BCUT2D eigenvalue weighted by atomic mass is 10.1. The molecule has 1 aromatic heterocycles. The van der Waals surface area contributed by atoms with Crippen LogP contribution in [0, 0.1) is 0 Å². The lowest BCUT2D eigenvalue weighted by Gasteiger charge is -2.21. The second-order valence-electron chi connectivity index (χ2n) is 4.23. The van der Waals surface area contributed by atoms with Gasteiger partial charge in [-0.25, -0.2) is 0 Å². The Morgan fingerprint density at radius 2 is 2.05 bits per heavy atom. The summed E-state index contributed by atoms with van der Waals surface area (Å²) in [7, 11) is 0. The SMILES string of the molecule is CCN(Cc1ccc(Cl)s1)C(=O)c1c(N)cccc1Cl. The summed E-state index contributed by atoms with van der Waals surface area (Å²) in [6.07, 6.45) is 0. The van der Waals surface area contributed by atoms with E-state index in [-0.39, 0.29) is 5.91 Å². The van der Waals surface area contributed by atoms with Crippen molar-refractivity contribution in [2.75, 3.05) is 12.3 Å². The molecule has 0 atom stereocenters. The minimum atomic E-state index is -0.167. The van der Waals surface area contributed by atoms with E-state index < -0.39 is 0 Å². The molecule has 0 aliphatic carbocycles. The zero-order valence-corrected chi connectivity index (χ0v) is 13.2. The van der Waals surface area contributed by atoms with Gasteiger partial charge in [-0.2, -0.15) is 0 Å². The molecule has 1 amide bonds. The zero-order valence-electron chi connectivity index (χ0n) is 10.9. The van der Waals surface area contributed by atoms with Crippen molar-refractivity contribution in [3.63, 3.8) is 0 Å². The van der Waals surface area contributed by atoms with Gasteiger partial charge in [0.1, 0.15) is 0 Å². The van der Waals surface area contributed by atoms with Gasteiger partial charge in [0.25, 0.3) is 5.91 Å². The summed E-state index contributed by atoms with van der Waals surface area (Å²) >= 11 is 13.5. The van der Waals surface area contributed by atoms with E-state index in [0.29, 0.717) is 33.7 Å². The fourth-order valence-corrected chi connectivity index (χ4v) is 3.24. The monoisotopic (exact) mass is 328 g/mol. The van der Waals surface area contributed by atoms with Crippen molar-refractivity contribution >= 4 is 46.1 Å². The fourth-order valence-electron chi connectivity index (χ4n) is 1.88. The second-order valence-corrected chi connectivity index (χ2v) is 6.44. The predicted octanol–water partition coefficient (Wildman–Crippen LogP) is 4.30. The molecule has 3 nitrogen and oxygen atoms in total. The van der Waals surface area contributed by atoms with Crippen molar-refractivity contribution in [1.82, 2.24) is 4.90 Å². The normalized spacial score (nSPS) is 10.6. The standard InChI is InChI=1S/C14H14Cl2N2OS/c1-2-18(8-9-6-7-12(16)20-9)14(19)13-10(15)4-3-5-11(13)17/h3-7H,2,8,17H2,1H3. The maximum Gasteiger partial charge on any atom is 0.257 e. The van der Waals surface area contributed by atoms with Crippen LogP contribution in [0.5, 0.6) is 0 Å². The summed E-state index contributed by atoms with van der Waals surface area (Å²) in [6.45, 7) is 2.98. The average molecular weight is 329 g/mol. The smallest absolute Gasteiger partial charge is 0.257 e. The van der Waals surface area contributed by atoms with Crippen LogP contribution < -0.4 is 5.73 Å². The van der Waals surface area contributed by atoms with Gasteiger partial charge in [-0.05, 0) is 31.2 Å². The van der Waals surface area contributed by atoms with Gasteiger partial charge < -0.3 is 10.6 Å². The third-order valence-corrected chi connectivity index (χ3v) is 4.44. The van der Waals surface area contributed by atoms with E-state index in [9.17, 15) is 4.79 Å². The number of nitrogens with two attached hydrogens (primary N) is 1. The molecule has 2 aromatic rings. The Hall–Kier alpha value is -1.23. The Morgan fingerprint density at radius 1 is 1.30 bits per heavy atom. The van der Waals surface area contributed by atoms with Gasteiger partial charge in [0, 0.05) is 17.1 Å². The number of carbonyl (C=O) groups is 1. The highest BCUT2D eigenvalue weighted by Crippen LogP contribution is 2.26. The van der Waals surface area contributed by atoms with Gasteiger partial charge in [0.05, 0.1) is 21.5 Å². The first kappa shape index (κ1) is 15.2. The number of rotatable bonds is 4. The minimum Gasteiger partial charge on any atom is -0.398 e. The highest BCUT2D eigenvalue weighted by atomic mass is 35.5. The van der Waals surface area contributed by atoms with Crippen LogP contribution in [0.4, 0.5) is 5.69 Å².